The lowest BCUT2D eigenvalue weighted by molar-refractivity contribution is -0.921. The van der Waals surface area contributed by atoms with Gasteiger partial charge in [0.25, 0.3) is 0 Å². The molecule has 0 aliphatic carbocycles. The van der Waals surface area contributed by atoms with E-state index in [0.717, 1.165) is 4.48 Å². The number of halogens is 1. The van der Waals surface area contributed by atoms with Crippen LogP contribution in [0.2, 0.25) is 0 Å². The van der Waals surface area contributed by atoms with Crippen LogP contribution in [0, 0.1) is 15.3 Å². The fourth-order valence-corrected chi connectivity index (χ4v) is 5.07. The van der Waals surface area contributed by atoms with E-state index in [2.05, 4.69) is 79.3 Å². The third kappa shape index (κ3) is 36.7. The van der Waals surface area contributed by atoms with Crippen LogP contribution in [0.1, 0.15) is 142 Å². The SMILES string of the molecule is CCCCCCCCCCCC[N+](C)(C)C.CCCCCCCCCC[N+](C)(CC)Cc1ccccc1.O=[N+]([O-])[O-].[Cl-]. The summed E-state index contributed by atoms with van der Waals surface area (Å²) in [6.07, 6.45) is 25.7. The fraction of sp³-hybridized carbons (Fsp3) is 0.829. The molecule has 1 unspecified atom stereocenters. The molecule has 6 nitrogen and oxygen atoms in total. The molecule has 1 atom stereocenters. The highest BCUT2D eigenvalue weighted by atomic mass is 35.5. The molecule has 1 rings (SSSR count). The molecular formula is C35H70ClN3O3. The van der Waals surface area contributed by atoms with Gasteiger partial charge in [-0.3, -0.25) is 0 Å². The summed E-state index contributed by atoms with van der Waals surface area (Å²) in [7, 11) is 9.27. The van der Waals surface area contributed by atoms with Gasteiger partial charge in [-0.05, 0) is 32.6 Å². The molecule has 42 heavy (non-hydrogen) atoms. The number of unbranched alkanes of at least 4 members (excludes halogenated alkanes) is 16. The molecule has 0 spiro atoms. The molecule has 0 bridgehead atoms. The lowest BCUT2D eigenvalue weighted by Gasteiger charge is -2.33. The number of quaternary nitrogens is 2. The summed E-state index contributed by atoms with van der Waals surface area (Å²) in [5, 5.41) is 14.8. The smallest absolute Gasteiger partial charge is 0.104 e. The second-order valence-corrected chi connectivity index (χ2v) is 13.2. The van der Waals surface area contributed by atoms with Gasteiger partial charge in [0, 0.05) is 5.56 Å². The summed E-state index contributed by atoms with van der Waals surface area (Å²) in [6.45, 7) is 12.0. The second-order valence-electron chi connectivity index (χ2n) is 13.2. The van der Waals surface area contributed by atoms with Crippen LogP contribution < -0.4 is 12.4 Å². The second kappa shape index (κ2) is 31.1. The van der Waals surface area contributed by atoms with E-state index in [-0.39, 0.29) is 12.4 Å². The molecule has 250 valence electrons. The molecule has 1 aromatic carbocycles. The van der Waals surface area contributed by atoms with Gasteiger partial charge >= 0.3 is 0 Å². The molecule has 0 amide bonds. The number of benzene rings is 1. The number of hydrogen-bond acceptors (Lipinski definition) is 3. The summed E-state index contributed by atoms with van der Waals surface area (Å²) < 4.78 is 2.30. The zero-order chi connectivity index (χ0) is 31.2. The van der Waals surface area contributed by atoms with E-state index in [1.165, 1.54) is 152 Å². The highest BCUT2D eigenvalue weighted by Gasteiger charge is 2.18. The minimum Gasteiger partial charge on any atom is -1.00 e. The quantitative estimate of drug-likeness (QED) is 0.0567. The normalized spacial score (nSPS) is 12.2. The topological polar surface area (TPSA) is 66.2 Å². The molecule has 0 saturated heterocycles. The van der Waals surface area contributed by atoms with E-state index in [9.17, 15) is 0 Å². The van der Waals surface area contributed by atoms with Crippen molar-refractivity contribution < 1.29 is 26.5 Å². The van der Waals surface area contributed by atoms with E-state index in [1.54, 1.807) is 0 Å². The van der Waals surface area contributed by atoms with Crippen LogP contribution >= 0.6 is 0 Å². The number of hydrogen-bond donors (Lipinski definition) is 0. The molecule has 0 heterocycles. The van der Waals surface area contributed by atoms with Crippen molar-refractivity contribution in [3.8, 4) is 0 Å². The Morgan fingerprint density at radius 3 is 1.24 bits per heavy atom. The zero-order valence-corrected chi connectivity index (χ0v) is 29.6. The van der Waals surface area contributed by atoms with Crippen LogP contribution in [0.15, 0.2) is 30.3 Å². The van der Waals surface area contributed by atoms with Gasteiger partial charge in [-0.15, -0.1) is 0 Å². The van der Waals surface area contributed by atoms with Crippen molar-refractivity contribution >= 4 is 0 Å². The van der Waals surface area contributed by atoms with Crippen molar-refractivity contribution in [1.29, 1.82) is 0 Å². The molecule has 0 saturated carbocycles. The van der Waals surface area contributed by atoms with Gasteiger partial charge in [-0.25, -0.2) is 0 Å². The minimum atomic E-state index is -1.75. The maximum atomic E-state index is 8.25. The van der Waals surface area contributed by atoms with Gasteiger partial charge < -0.3 is 36.7 Å². The first kappa shape index (κ1) is 45.1. The molecule has 0 aromatic heterocycles. The summed E-state index contributed by atoms with van der Waals surface area (Å²) in [5.74, 6) is 0. The van der Waals surface area contributed by atoms with Crippen molar-refractivity contribution in [2.75, 3.05) is 47.8 Å². The molecule has 0 N–H and O–H groups in total. The lowest BCUT2D eigenvalue weighted by atomic mass is 10.1. The van der Waals surface area contributed by atoms with Crippen molar-refractivity contribution in [1.82, 2.24) is 0 Å². The summed E-state index contributed by atoms with van der Waals surface area (Å²) in [5.41, 5.74) is 1.47. The maximum Gasteiger partial charge on any atom is 0.104 e. The van der Waals surface area contributed by atoms with Gasteiger partial charge in [0.2, 0.25) is 0 Å². The Morgan fingerprint density at radius 1 is 0.571 bits per heavy atom. The molecule has 1 aromatic rings. The third-order valence-electron chi connectivity index (χ3n) is 7.90. The van der Waals surface area contributed by atoms with E-state index >= 15 is 0 Å². The molecule has 0 fully saturated rings. The van der Waals surface area contributed by atoms with E-state index in [4.69, 9.17) is 15.3 Å². The molecule has 0 aliphatic rings. The molecule has 7 heteroatoms. The fourth-order valence-electron chi connectivity index (χ4n) is 5.07. The maximum absolute atomic E-state index is 8.25. The van der Waals surface area contributed by atoms with Crippen LogP contribution in [0.4, 0.5) is 0 Å². The average molecular weight is 616 g/mol. The van der Waals surface area contributed by atoms with E-state index in [0.29, 0.717) is 0 Å². The van der Waals surface area contributed by atoms with Crippen LogP contribution in [-0.4, -0.2) is 61.9 Å². The Morgan fingerprint density at radius 2 is 0.905 bits per heavy atom. The highest BCUT2D eigenvalue weighted by molar-refractivity contribution is 5.13. The summed E-state index contributed by atoms with van der Waals surface area (Å²) in [4.78, 5) is 8.25. The Hall–Kier alpha value is -1.37. The van der Waals surface area contributed by atoms with Crippen molar-refractivity contribution in [3.05, 3.63) is 51.2 Å². The Balaban J connectivity index is -0.000000646. The molecular weight excluding hydrogens is 546 g/mol. The highest BCUT2D eigenvalue weighted by Crippen LogP contribution is 2.15. The summed E-state index contributed by atoms with van der Waals surface area (Å²) in [6, 6.07) is 11.0. The van der Waals surface area contributed by atoms with Crippen LogP contribution in [0.3, 0.4) is 0 Å². The van der Waals surface area contributed by atoms with Crippen LogP contribution in [0.5, 0.6) is 0 Å². The third-order valence-corrected chi connectivity index (χ3v) is 7.90. The lowest BCUT2D eigenvalue weighted by Crippen LogP contribution is -3.00. The Labute approximate surface area is 268 Å². The standard InChI is InChI=1S/C20H36N.C15H34N.ClH.NO3/c1-4-6-7-8-9-10-11-15-18-21(3,5-2)19-20-16-13-12-14-17-20;1-5-6-7-8-9-10-11-12-13-14-15-16(2,3)4;;2-1(3)4/h12-14,16-17H,4-11,15,18-19H2,1-3H3;5-15H2,1-4H3;1H;/q2*+1;;-1/p-1. The zero-order valence-electron chi connectivity index (χ0n) is 28.9. The molecule has 0 aliphatic heterocycles. The minimum absolute atomic E-state index is 0. The van der Waals surface area contributed by atoms with Crippen LogP contribution in [0.25, 0.3) is 0 Å². The monoisotopic (exact) mass is 616 g/mol. The van der Waals surface area contributed by atoms with Crippen molar-refractivity contribution in [3.63, 3.8) is 0 Å². The van der Waals surface area contributed by atoms with Gasteiger partial charge in [0.1, 0.15) is 6.54 Å². The van der Waals surface area contributed by atoms with E-state index in [1.807, 2.05) is 0 Å². The largest absolute Gasteiger partial charge is 1.00 e. The van der Waals surface area contributed by atoms with Gasteiger partial charge in [-0.1, -0.05) is 134 Å². The predicted octanol–water partition coefficient (Wildman–Crippen LogP) is 7.17. The van der Waals surface area contributed by atoms with E-state index < -0.39 is 5.09 Å². The van der Waals surface area contributed by atoms with Gasteiger partial charge in [0.05, 0.1) is 52.9 Å². The van der Waals surface area contributed by atoms with Gasteiger partial charge in [0.15, 0.2) is 0 Å². The number of nitrogens with zero attached hydrogens (tertiary/aromatic N) is 3. The number of rotatable bonds is 23. The van der Waals surface area contributed by atoms with Gasteiger partial charge in [-0.2, -0.15) is 0 Å². The first-order valence-corrected chi connectivity index (χ1v) is 17.0. The van der Waals surface area contributed by atoms with Crippen molar-refractivity contribution in [2.24, 2.45) is 0 Å². The van der Waals surface area contributed by atoms with Crippen molar-refractivity contribution in [2.45, 2.75) is 143 Å². The summed E-state index contributed by atoms with van der Waals surface area (Å²) >= 11 is 0. The first-order valence-electron chi connectivity index (χ1n) is 17.0. The Bertz CT molecular complexity index is 682. The first-order chi connectivity index (χ1) is 19.5. The molecule has 0 radical (unpaired) electrons. The average Bonchev–Trinajstić information content (AvgIpc) is 2.91. The van der Waals surface area contributed by atoms with Crippen LogP contribution in [-0.2, 0) is 6.54 Å². The Kier molecular flexibility index (Phi) is 33.3. The predicted molar refractivity (Wildman–Crippen MR) is 179 cm³/mol.